The molecule has 0 spiro atoms. The fraction of sp³-hybridized carbons (Fsp3) is 0.500. The molecule has 1 nitrogen and oxygen atoms in total. The van der Waals surface area contributed by atoms with E-state index in [1.165, 1.54) is 3.20 Å². The van der Waals surface area contributed by atoms with E-state index >= 15 is 0 Å². The second-order valence-electron chi connectivity index (χ2n) is 2.90. The molecule has 0 aromatic heterocycles. The number of rotatable bonds is 2. The Balaban J connectivity index is 4.19. The van der Waals surface area contributed by atoms with E-state index in [2.05, 4.69) is 42.2 Å². The summed E-state index contributed by atoms with van der Waals surface area (Å²) >= 11 is 2.24. The highest BCUT2D eigenvalue weighted by Gasteiger charge is 2.15. The molecule has 52 valence electrons. The SMILES string of the molecule is C[Si](C)(C)C(I)=CC=O. The van der Waals surface area contributed by atoms with Gasteiger partial charge in [0.25, 0.3) is 0 Å². The number of aldehydes is 1. The zero-order chi connectivity index (χ0) is 7.49. The smallest absolute Gasteiger partial charge is 0.143 e. The molecule has 0 saturated carbocycles. The fourth-order valence-corrected chi connectivity index (χ4v) is 1.02. The second kappa shape index (κ2) is 3.51. The van der Waals surface area contributed by atoms with Gasteiger partial charge in [0.2, 0.25) is 0 Å². The molecule has 0 heterocycles. The number of carbonyl (C=O) groups excluding carboxylic acids is 1. The van der Waals surface area contributed by atoms with Crippen LogP contribution in [0.25, 0.3) is 0 Å². The largest absolute Gasteiger partial charge is 0.299 e. The van der Waals surface area contributed by atoms with E-state index in [-0.39, 0.29) is 0 Å². The molecular weight excluding hydrogens is 243 g/mol. The van der Waals surface area contributed by atoms with Gasteiger partial charge in [0, 0.05) is 0 Å². The van der Waals surface area contributed by atoms with Crippen molar-refractivity contribution in [3.63, 3.8) is 0 Å². The molecule has 0 radical (unpaired) electrons. The van der Waals surface area contributed by atoms with E-state index in [1.54, 1.807) is 6.08 Å². The summed E-state index contributed by atoms with van der Waals surface area (Å²) in [6, 6.07) is 0. The summed E-state index contributed by atoms with van der Waals surface area (Å²) in [7, 11) is -1.17. The van der Waals surface area contributed by atoms with Gasteiger partial charge in [0.1, 0.15) is 6.29 Å². The van der Waals surface area contributed by atoms with Crippen molar-refractivity contribution in [1.82, 2.24) is 0 Å². The highest BCUT2D eigenvalue weighted by molar-refractivity contribution is 14.1. The minimum Gasteiger partial charge on any atom is -0.299 e. The summed E-state index contributed by atoms with van der Waals surface area (Å²) in [5.41, 5.74) is 0. The summed E-state index contributed by atoms with van der Waals surface area (Å²) in [5.74, 6) is 0. The lowest BCUT2D eigenvalue weighted by atomic mass is 10.7. The van der Waals surface area contributed by atoms with Gasteiger partial charge in [-0.1, -0.05) is 42.2 Å². The quantitative estimate of drug-likeness (QED) is 0.320. The predicted molar refractivity (Wildman–Crippen MR) is 51.5 cm³/mol. The first kappa shape index (κ1) is 9.36. The van der Waals surface area contributed by atoms with Gasteiger partial charge < -0.3 is 0 Å². The van der Waals surface area contributed by atoms with E-state index in [4.69, 9.17) is 0 Å². The third-order valence-electron chi connectivity index (χ3n) is 0.931. The van der Waals surface area contributed by atoms with E-state index < -0.39 is 8.07 Å². The van der Waals surface area contributed by atoms with Crippen molar-refractivity contribution in [2.75, 3.05) is 0 Å². The van der Waals surface area contributed by atoms with E-state index in [1.807, 2.05) is 0 Å². The monoisotopic (exact) mass is 254 g/mol. The van der Waals surface area contributed by atoms with Gasteiger partial charge in [0.05, 0.1) is 8.07 Å². The fourth-order valence-electron chi connectivity index (χ4n) is 0.310. The van der Waals surface area contributed by atoms with Crippen molar-refractivity contribution in [2.45, 2.75) is 19.6 Å². The maximum absolute atomic E-state index is 10.0. The molecule has 0 fully saturated rings. The number of allylic oxidation sites excluding steroid dienone is 1. The Labute approximate surface area is 70.7 Å². The highest BCUT2D eigenvalue weighted by Crippen LogP contribution is 2.19. The zero-order valence-electron chi connectivity index (χ0n) is 5.94. The Morgan fingerprint density at radius 3 is 2.00 bits per heavy atom. The van der Waals surface area contributed by atoms with Crippen molar-refractivity contribution in [1.29, 1.82) is 0 Å². The molecule has 0 rings (SSSR count). The van der Waals surface area contributed by atoms with Crippen LogP contribution in [0.5, 0.6) is 0 Å². The van der Waals surface area contributed by atoms with Crippen molar-refractivity contribution in [2.24, 2.45) is 0 Å². The average Bonchev–Trinajstić information content (AvgIpc) is 1.64. The maximum atomic E-state index is 10.0. The first-order valence-electron chi connectivity index (χ1n) is 2.80. The van der Waals surface area contributed by atoms with Crippen LogP contribution in [-0.4, -0.2) is 14.4 Å². The van der Waals surface area contributed by atoms with Gasteiger partial charge in [-0.3, -0.25) is 4.79 Å². The number of hydrogen-bond acceptors (Lipinski definition) is 1. The Morgan fingerprint density at radius 1 is 1.44 bits per heavy atom. The Bertz CT molecular complexity index is 134. The lowest BCUT2D eigenvalue weighted by molar-refractivity contribution is -0.104. The number of halogens is 1. The summed E-state index contributed by atoms with van der Waals surface area (Å²) in [5, 5.41) is 0. The van der Waals surface area contributed by atoms with Gasteiger partial charge in [-0.15, -0.1) is 0 Å². The van der Waals surface area contributed by atoms with Gasteiger partial charge >= 0.3 is 0 Å². The van der Waals surface area contributed by atoms with Gasteiger partial charge in [-0.05, 0) is 9.28 Å². The molecule has 0 saturated heterocycles. The van der Waals surface area contributed by atoms with Crippen molar-refractivity contribution in [3.05, 3.63) is 9.28 Å². The molecule has 0 aromatic carbocycles. The Morgan fingerprint density at radius 2 is 1.89 bits per heavy atom. The van der Waals surface area contributed by atoms with Crippen molar-refractivity contribution >= 4 is 37.0 Å². The van der Waals surface area contributed by atoms with Crippen LogP contribution in [0.1, 0.15) is 0 Å². The van der Waals surface area contributed by atoms with Gasteiger partial charge in [-0.2, -0.15) is 0 Å². The van der Waals surface area contributed by atoms with Crippen LogP contribution in [0.2, 0.25) is 19.6 Å². The van der Waals surface area contributed by atoms with Crippen LogP contribution >= 0.6 is 22.6 Å². The van der Waals surface area contributed by atoms with E-state index in [0.29, 0.717) is 0 Å². The van der Waals surface area contributed by atoms with Crippen LogP contribution in [0.15, 0.2) is 9.28 Å². The minimum atomic E-state index is -1.17. The lowest BCUT2D eigenvalue weighted by Crippen LogP contribution is -2.20. The maximum Gasteiger partial charge on any atom is 0.143 e. The molecule has 0 amide bonds. The van der Waals surface area contributed by atoms with E-state index in [9.17, 15) is 4.79 Å². The molecule has 0 atom stereocenters. The van der Waals surface area contributed by atoms with Crippen LogP contribution in [0.4, 0.5) is 0 Å². The molecular formula is C6H11IOSi. The summed E-state index contributed by atoms with van der Waals surface area (Å²) in [6.45, 7) is 6.65. The van der Waals surface area contributed by atoms with Crippen LogP contribution in [0.3, 0.4) is 0 Å². The summed E-state index contributed by atoms with van der Waals surface area (Å²) in [6.07, 6.45) is 2.52. The minimum absolute atomic E-state index is 0.861. The molecule has 9 heavy (non-hydrogen) atoms. The molecule has 0 unspecified atom stereocenters. The van der Waals surface area contributed by atoms with Gasteiger partial charge in [-0.25, -0.2) is 0 Å². The molecule has 0 N–H and O–H groups in total. The molecule has 0 bridgehead atoms. The zero-order valence-corrected chi connectivity index (χ0v) is 9.10. The summed E-state index contributed by atoms with van der Waals surface area (Å²) < 4.78 is 1.23. The average molecular weight is 254 g/mol. The topological polar surface area (TPSA) is 17.1 Å². The van der Waals surface area contributed by atoms with Crippen LogP contribution in [-0.2, 0) is 4.79 Å². The molecule has 0 aliphatic rings. The first-order chi connectivity index (χ1) is 3.98. The first-order valence-corrected chi connectivity index (χ1v) is 7.38. The third-order valence-corrected chi connectivity index (χ3v) is 7.74. The van der Waals surface area contributed by atoms with Gasteiger partial charge in [0.15, 0.2) is 0 Å². The standard InChI is InChI=1S/C6H11IOSi/c1-9(2,3)6(7)4-5-8/h4-5H,1-3H3. The van der Waals surface area contributed by atoms with Crippen LogP contribution in [0, 0.1) is 0 Å². The molecule has 0 aliphatic carbocycles. The van der Waals surface area contributed by atoms with Crippen molar-refractivity contribution in [3.8, 4) is 0 Å². The normalized spacial score (nSPS) is 13.6. The Kier molecular flexibility index (Phi) is 3.65. The van der Waals surface area contributed by atoms with E-state index in [0.717, 1.165) is 6.29 Å². The molecule has 3 heteroatoms. The van der Waals surface area contributed by atoms with Crippen molar-refractivity contribution < 1.29 is 4.79 Å². The Hall–Kier alpha value is 0.357. The molecule has 0 aromatic rings. The number of carbonyl (C=O) groups is 1. The lowest BCUT2D eigenvalue weighted by Gasteiger charge is -2.13. The highest BCUT2D eigenvalue weighted by atomic mass is 127. The second-order valence-corrected chi connectivity index (χ2v) is 10.1. The van der Waals surface area contributed by atoms with Crippen LogP contribution < -0.4 is 0 Å². The predicted octanol–water partition coefficient (Wildman–Crippen LogP) is 2.38. The third kappa shape index (κ3) is 3.86. The molecule has 0 aliphatic heterocycles. The number of hydrogen-bond donors (Lipinski definition) is 0. The summed E-state index contributed by atoms with van der Waals surface area (Å²) in [4.78, 5) is 10.0.